The fourth-order valence-corrected chi connectivity index (χ4v) is 13.7. The summed E-state index contributed by atoms with van der Waals surface area (Å²) in [4.78, 5) is 86.9. The number of fused-ring (bicyclic) bond motifs is 3. The fourth-order valence-electron chi connectivity index (χ4n) is 11.4. The normalized spacial score (nSPS) is 16.2. The first-order chi connectivity index (χ1) is 45.0. The number of nitrogens with zero attached hydrogens (tertiary/aromatic N) is 6. The van der Waals surface area contributed by atoms with Crippen LogP contribution in [0.4, 0.5) is 57.8 Å². The molecule has 9 heterocycles. The number of esters is 1. The molecule has 3 saturated heterocycles. The Kier molecular flexibility index (Phi) is 16.4. The van der Waals surface area contributed by atoms with Gasteiger partial charge in [0, 0.05) is 75.0 Å². The summed E-state index contributed by atoms with van der Waals surface area (Å²) in [5.41, 5.74) is 7.44. The maximum absolute atomic E-state index is 15.2. The second kappa shape index (κ2) is 25.1. The maximum Gasteiger partial charge on any atom is 0.348 e. The molecule has 3 aliphatic heterocycles. The number of carboxylic acid groups (broad SMARTS) is 1. The van der Waals surface area contributed by atoms with Crippen molar-refractivity contribution in [3.63, 3.8) is 0 Å². The van der Waals surface area contributed by atoms with Crippen molar-refractivity contribution >= 4 is 114 Å². The molecule has 6 aromatic carbocycles. The number of imidazole rings is 3. The van der Waals surface area contributed by atoms with E-state index in [4.69, 9.17) is 5.11 Å². The molecule has 3 fully saturated rings. The van der Waals surface area contributed by atoms with E-state index in [2.05, 4.69) is 50.6 Å². The first kappa shape index (κ1) is 61.0. The highest BCUT2D eigenvalue weighted by Gasteiger charge is 2.39. The van der Waals surface area contributed by atoms with E-state index in [1.807, 2.05) is 0 Å². The minimum absolute atomic E-state index is 0.0259. The zero-order chi connectivity index (χ0) is 64.9. The lowest BCUT2D eigenvalue weighted by Crippen LogP contribution is -2.30. The number of methoxy groups -OCH3 is 1. The van der Waals surface area contributed by atoms with Crippen LogP contribution in [0.2, 0.25) is 0 Å². The number of ether oxygens (including phenoxy) is 1. The lowest BCUT2D eigenvalue weighted by molar-refractivity contribution is 0.0605. The predicted molar refractivity (Wildman–Crippen MR) is 337 cm³/mol. The van der Waals surface area contributed by atoms with Crippen LogP contribution in [-0.4, -0.2) is 96.9 Å². The largest absolute Gasteiger partial charge is 0.477 e. The van der Waals surface area contributed by atoms with E-state index in [-0.39, 0.29) is 81.0 Å². The van der Waals surface area contributed by atoms with Gasteiger partial charge in [0.05, 0.1) is 83.9 Å². The molecule has 0 radical (unpaired) electrons. The van der Waals surface area contributed by atoms with Gasteiger partial charge in [0.1, 0.15) is 9.75 Å². The number of aromatic carboxylic acids is 1. The summed E-state index contributed by atoms with van der Waals surface area (Å²) in [6.07, 6.45) is 4.63. The van der Waals surface area contributed by atoms with Crippen molar-refractivity contribution < 1.29 is 65.3 Å². The molecule has 93 heavy (non-hydrogen) atoms. The zero-order valence-electron chi connectivity index (χ0n) is 47.9. The van der Waals surface area contributed by atoms with Gasteiger partial charge in [-0.2, -0.15) is 0 Å². The molecular weight excluding hydrogens is 1270 g/mol. The molecule has 0 spiro atoms. The van der Waals surface area contributed by atoms with Gasteiger partial charge in [0.2, 0.25) is 0 Å². The van der Waals surface area contributed by atoms with Crippen LogP contribution in [0.3, 0.4) is 0 Å². The molecule has 15 rings (SSSR count). The van der Waals surface area contributed by atoms with Crippen molar-refractivity contribution in [3.8, 4) is 33.4 Å². The topological polar surface area (TPSA) is 267 Å². The summed E-state index contributed by atoms with van der Waals surface area (Å²) < 4.78 is 95.0. The number of halogens is 6. The third kappa shape index (κ3) is 11.4. The van der Waals surface area contributed by atoms with E-state index in [0.717, 1.165) is 50.3 Å². The Hall–Kier alpha value is -10.9. The molecule has 29 heteroatoms. The number of hydrogen-bond donors (Lipinski definition) is 8. The molecule has 0 aliphatic carbocycles. The fraction of sp³-hybridized carbons (Fsp3) is 0.125. The van der Waals surface area contributed by atoms with Crippen LogP contribution in [0.25, 0.3) is 66.5 Å². The van der Waals surface area contributed by atoms with Crippen molar-refractivity contribution in [2.75, 3.05) is 41.4 Å². The average molecular weight is 1320 g/mol. The van der Waals surface area contributed by atoms with Crippen molar-refractivity contribution in [3.05, 3.63) is 211 Å². The second-order valence-corrected chi connectivity index (χ2v) is 24.0. The van der Waals surface area contributed by atoms with Crippen LogP contribution in [0.5, 0.6) is 0 Å². The number of aromatic amines is 3. The van der Waals surface area contributed by atoms with Crippen molar-refractivity contribution in [1.29, 1.82) is 0 Å². The molecule has 470 valence electrons. The Morgan fingerprint density at radius 2 is 0.849 bits per heavy atom. The van der Waals surface area contributed by atoms with Gasteiger partial charge in [-0.1, -0.05) is 36.4 Å². The Labute approximate surface area is 532 Å². The molecule has 3 aliphatic rings. The van der Waals surface area contributed by atoms with E-state index < -0.39 is 77.0 Å². The number of aliphatic hydroxyl groups is 1. The molecule has 20 nitrogen and oxygen atoms in total. The van der Waals surface area contributed by atoms with Crippen molar-refractivity contribution in [2.45, 2.75) is 24.7 Å². The van der Waals surface area contributed by atoms with Crippen molar-refractivity contribution in [2.24, 2.45) is 0 Å². The molecule has 6 amide bonds. The number of aliphatic hydroxyl groups excluding tert-OH is 1. The van der Waals surface area contributed by atoms with E-state index in [1.165, 1.54) is 93.4 Å². The Balaban J connectivity index is 0.000000127. The van der Waals surface area contributed by atoms with Crippen LogP contribution in [-0.2, 0) is 11.3 Å². The summed E-state index contributed by atoms with van der Waals surface area (Å²) in [6, 6.07) is 25.4. The third-order valence-corrected chi connectivity index (χ3v) is 18.7. The molecule has 12 aromatic rings. The van der Waals surface area contributed by atoms with Crippen LogP contribution in [0.1, 0.15) is 59.0 Å². The van der Waals surface area contributed by atoms with Gasteiger partial charge in [-0.3, -0.25) is 14.7 Å². The molecule has 0 saturated carbocycles. The van der Waals surface area contributed by atoms with Gasteiger partial charge in [-0.05, 0) is 106 Å². The van der Waals surface area contributed by atoms with Gasteiger partial charge in [0.25, 0.3) is 0 Å². The highest BCUT2D eigenvalue weighted by atomic mass is 32.1. The van der Waals surface area contributed by atoms with E-state index in [1.54, 1.807) is 84.1 Å². The number of hydrogen-bond acceptors (Lipinski definition) is 13. The SMILES string of the molecule is COC(=O)c1cc(-c2ccc(C3CNC(=O)N3c3ccc4nc[nH]c4c3)c(F)c2F)cs1.O=C(O)c1cc(-c2ccc(C3CNC(=O)N3c3ccc4nc[nH]c4c3)c(F)c2F)cs1.O=C1NCC(c2ccc(-c3csc(CO)c3)c(F)c2F)N1c1ccc2nc[nH]c2c1. The van der Waals surface area contributed by atoms with Gasteiger partial charge in [-0.25, -0.2) is 65.3 Å². The van der Waals surface area contributed by atoms with Crippen LogP contribution in [0, 0.1) is 34.9 Å². The Morgan fingerprint density at radius 3 is 1.19 bits per heavy atom. The number of nitrogens with one attached hydrogen (secondary N) is 6. The molecule has 0 bridgehead atoms. The average Bonchev–Trinajstić information content (AvgIpc) is 1.72. The number of amides is 6. The number of rotatable bonds is 12. The number of anilines is 3. The molecular formula is C64H46F6N12O8S3. The minimum Gasteiger partial charge on any atom is -0.477 e. The summed E-state index contributed by atoms with van der Waals surface area (Å²) in [5, 5.41) is 31.1. The van der Waals surface area contributed by atoms with E-state index in [0.29, 0.717) is 38.6 Å². The predicted octanol–water partition coefficient (Wildman–Crippen LogP) is 13.5. The molecule has 3 unspecified atom stereocenters. The number of thiophene rings is 3. The lowest BCUT2D eigenvalue weighted by atomic mass is 9.99. The number of aromatic nitrogens is 6. The Morgan fingerprint density at radius 1 is 0.495 bits per heavy atom. The van der Waals surface area contributed by atoms with Crippen LogP contribution < -0.4 is 30.7 Å². The monoisotopic (exact) mass is 1320 g/mol. The molecule has 3 atom stereocenters. The lowest BCUT2D eigenvalue weighted by Gasteiger charge is -2.24. The smallest absolute Gasteiger partial charge is 0.348 e. The number of H-pyrrole nitrogens is 3. The summed E-state index contributed by atoms with van der Waals surface area (Å²) in [5.74, 6) is -7.88. The van der Waals surface area contributed by atoms with Crippen LogP contribution in [0.15, 0.2) is 144 Å². The Bertz CT molecular complexity index is 4950. The standard InChI is InChI=1S/C22H16F2N4O3S.C21H14F2N4O3S.C21H16F2N4O2S/c1-31-21(29)18-6-11(9-32-18)13-3-4-14(20(24)19(13)23)17-8-25-22(30)28(17)12-2-5-15-16(7-12)27-10-26-15;22-18-12(10-5-17(20(28)29)31-8-10)2-3-13(19(18)23)16-7-24-21(30)27(16)11-1-4-14-15(6-11)26-9-25-14;22-19-14(11-5-13(8-28)30-9-11)2-3-15(20(19)23)18-7-24-21(29)27(18)12-1-4-16-17(6-12)26-10-25-16/h2-7,9-10,17H,8H2,1H3,(H,25,30)(H,26,27);1-6,8-9,16H,7H2,(H,24,30)(H,25,26)(H,28,29);1-6,9-10,18,28H,7-8H2,(H,24,29)(H,25,26). The maximum atomic E-state index is 15.2. The van der Waals surface area contributed by atoms with Gasteiger partial charge >= 0.3 is 30.0 Å². The van der Waals surface area contributed by atoms with Gasteiger partial charge in [0.15, 0.2) is 34.9 Å². The summed E-state index contributed by atoms with van der Waals surface area (Å²) in [7, 11) is 1.25. The molecule has 6 aromatic heterocycles. The highest BCUT2D eigenvalue weighted by Crippen LogP contribution is 2.41. The van der Waals surface area contributed by atoms with Gasteiger partial charge < -0.3 is 45.9 Å². The highest BCUT2D eigenvalue weighted by molar-refractivity contribution is 7.12. The summed E-state index contributed by atoms with van der Waals surface area (Å²) >= 11 is 3.30. The quantitative estimate of drug-likeness (QED) is 0.0421. The number of carbonyl (C=O) groups excluding carboxylic acids is 4. The third-order valence-electron chi connectivity index (χ3n) is 15.9. The van der Waals surface area contributed by atoms with Crippen molar-refractivity contribution in [1.82, 2.24) is 45.9 Å². The number of carboxylic acids is 1. The molecule has 8 N–H and O–H groups in total. The van der Waals surface area contributed by atoms with Gasteiger partial charge in [-0.15, -0.1) is 34.0 Å². The first-order valence-corrected chi connectivity index (χ1v) is 30.7. The summed E-state index contributed by atoms with van der Waals surface area (Å²) in [6.45, 7) is 0.235. The second-order valence-electron chi connectivity index (χ2n) is 21.2. The van der Waals surface area contributed by atoms with E-state index >= 15 is 17.6 Å². The number of urea groups is 3. The number of benzene rings is 6. The van der Waals surface area contributed by atoms with E-state index in [9.17, 15) is 37.9 Å². The van der Waals surface area contributed by atoms with Crippen LogP contribution >= 0.6 is 34.0 Å². The first-order valence-electron chi connectivity index (χ1n) is 28.1. The minimum atomic E-state index is -1.13. The number of carbonyl (C=O) groups is 5. The zero-order valence-corrected chi connectivity index (χ0v) is 50.4.